The zero-order valence-corrected chi connectivity index (χ0v) is 34.3. The topological polar surface area (TPSA) is 178 Å². The van der Waals surface area contributed by atoms with Gasteiger partial charge in [-0.3, -0.25) is 9.59 Å². The number of carbonyl (C=O) groups is 4. The van der Waals surface area contributed by atoms with Gasteiger partial charge in [0.25, 0.3) is 0 Å². The number of carbonyl (C=O) groups excluding carboxylic acids is 4. The summed E-state index contributed by atoms with van der Waals surface area (Å²) in [6.07, 6.45) is -5.90. The Hall–Kier alpha value is -4.46. The van der Waals surface area contributed by atoms with Gasteiger partial charge in [-0.2, -0.15) is 39.5 Å². The highest BCUT2D eigenvalue weighted by atomic mass is 32.2. The number of benzene rings is 1. The third-order valence-electron chi connectivity index (χ3n) is 12.7. The SMILES string of the molecule is Cc1ccc2nc(C(F)(F)F)c3c(c2c1)CCC1(CC2C(=O)NC4(C(=O)[NH2+]S(=O)(=O)C5(C)CC5)CC4C=CCCCCCC(NC(=O)OC(C)(C)C(F)(F)F)C(=O)N2C1)O3. The van der Waals surface area contributed by atoms with Crippen LogP contribution in [-0.2, 0) is 41.7 Å². The molecule has 1 aromatic carbocycles. The summed E-state index contributed by atoms with van der Waals surface area (Å²) in [6, 6.07) is 1.68. The Morgan fingerprint density at radius 3 is 2.43 bits per heavy atom. The number of nitrogens with two attached hydrogens (primary N) is 1. The molecule has 3 fully saturated rings. The normalized spacial score (nSPS) is 28.4. The molecule has 2 aromatic rings. The van der Waals surface area contributed by atoms with E-state index in [2.05, 4.69) is 15.6 Å². The number of ether oxygens (including phenoxy) is 2. The van der Waals surface area contributed by atoms with Gasteiger partial charge in [0.05, 0.1) is 12.1 Å². The summed E-state index contributed by atoms with van der Waals surface area (Å²) >= 11 is 0. The molecule has 328 valence electrons. The number of fused-ring (bicyclic) bond motifs is 5. The predicted octanol–water partition coefficient (Wildman–Crippen LogP) is 5.03. The van der Waals surface area contributed by atoms with E-state index in [0.717, 1.165) is 10.5 Å². The molecule has 4 heterocycles. The lowest BCUT2D eigenvalue weighted by Gasteiger charge is -2.37. The molecule has 5 atom stereocenters. The lowest BCUT2D eigenvalue weighted by molar-refractivity contribution is -0.418. The number of allylic oxidation sites excluding steroid dienone is 1. The molecule has 20 heteroatoms. The van der Waals surface area contributed by atoms with Crippen LogP contribution in [0.15, 0.2) is 30.4 Å². The second-order valence-corrected chi connectivity index (χ2v) is 20.0. The molecule has 4 amide bonds. The predicted molar refractivity (Wildman–Crippen MR) is 202 cm³/mol. The Bertz CT molecular complexity index is 2260. The maximum atomic E-state index is 14.7. The Morgan fingerprint density at radius 2 is 1.77 bits per heavy atom. The van der Waals surface area contributed by atoms with Crippen molar-refractivity contribution in [3.8, 4) is 5.75 Å². The maximum Gasteiger partial charge on any atom is 0.437 e. The fraction of sp³-hybridized carbons (Fsp3) is 0.625. The number of sulfonamides is 1. The summed E-state index contributed by atoms with van der Waals surface area (Å²) < 4.78 is 122. The molecular formula is C40H48F6N5O8S+. The van der Waals surface area contributed by atoms with Gasteiger partial charge in [0, 0.05) is 23.3 Å². The standard InChI is InChI=1S/C40H47F6N5O8S/c1-22-12-13-26-25(18-22)24-14-15-37(58-29(24)30(47-26)39(41,42)43)20-28-31(52)49-38(33(54)50-60(56,57)36(4)16-17-36)19-23(38)10-8-6-5-7-9-11-27(32(53)51(28)21-37)48-34(55)59-35(2,3)40(44,45)46/h8,10,12-13,18,23,27-28H,5-7,9,11,14-17,19-21H2,1-4H3,(H,48,55)(H,49,52)(H,50,54)/p+1. The zero-order valence-electron chi connectivity index (χ0n) is 33.5. The Balaban J connectivity index is 1.27. The molecule has 1 saturated heterocycles. The molecule has 13 nitrogen and oxygen atoms in total. The van der Waals surface area contributed by atoms with Gasteiger partial charge in [-0.05, 0) is 91.2 Å². The number of pyridine rings is 1. The van der Waals surface area contributed by atoms with Gasteiger partial charge in [0.1, 0.15) is 22.4 Å². The Morgan fingerprint density at radius 1 is 1.05 bits per heavy atom. The second-order valence-electron chi connectivity index (χ2n) is 17.7. The van der Waals surface area contributed by atoms with Crippen LogP contribution in [0, 0.1) is 12.8 Å². The van der Waals surface area contributed by atoms with Crippen LogP contribution in [0.4, 0.5) is 31.1 Å². The molecule has 4 N–H and O–H groups in total. The highest BCUT2D eigenvalue weighted by Gasteiger charge is 2.66. The summed E-state index contributed by atoms with van der Waals surface area (Å²) in [7, 11) is -4.04. The van der Waals surface area contributed by atoms with Crippen LogP contribution in [0.5, 0.6) is 5.75 Å². The molecule has 5 aliphatic rings. The van der Waals surface area contributed by atoms with Crippen LogP contribution in [0.3, 0.4) is 0 Å². The average Bonchev–Trinajstić information content (AvgIpc) is 4.03. The van der Waals surface area contributed by atoms with E-state index in [1.54, 1.807) is 31.2 Å². The van der Waals surface area contributed by atoms with E-state index in [1.165, 1.54) is 13.0 Å². The summed E-state index contributed by atoms with van der Waals surface area (Å²) in [5.74, 6) is -3.92. The van der Waals surface area contributed by atoms with Crippen molar-refractivity contribution >= 4 is 44.7 Å². The summed E-state index contributed by atoms with van der Waals surface area (Å²) in [5.41, 5.74) is -6.54. The van der Waals surface area contributed by atoms with Crippen LogP contribution in [-0.4, -0.2) is 88.4 Å². The monoisotopic (exact) mass is 872 g/mol. The molecule has 60 heavy (non-hydrogen) atoms. The minimum Gasteiger partial charge on any atom is -0.483 e. The van der Waals surface area contributed by atoms with Crippen LogP contribution >= 0.6 is 0 Å². The number of primary sulfonamides is 1. The first kappa shape index (κ1) is 43.6. The van der Waals surface area contributed by atoms with Crippen molar-refractivity contribution in [2.45, 2.75) is 144 Å². The highest BCUT2D eigenvalue weighted by molar-refractivity contribution is 7.86. The van der Waals surface area contributed by atoms with Crippen molar-refractivity contribution in [3.63, 3.8) is 0 Å². The molecule has 7 rings (SSSR count). The van der Waals surface area contributed by atoms with E-state index >= 15 is 0 Å². The number of quaternary nitrogens is 1. The van der Waals surface area contributed by atoms with Gasteiger partial charge >= 0.3 is 34.4 Å². The lowest BCUT2D eigenvalue weighted by atomic mass is 9.86. The summed E-state index contributed by atoms with van der Waals surface area (Å²) in [6.45, 7) is 4.05. The fourth-order valence-corrected chi connectivity index (χ4v) is 9.84. The van der Waals surface area contributed by atoms with E-state index in [9.17, 15) is 53.9 Å². The van der Waals surface area contributed by atoms with Gasteiger partial charge in [-0.15, -0.1) is 0 Å². The van der Waals surface area contributed by atoms with E-state index in [0.29, 0.717) is 56.1 Å². The lowest BCUT2D eigenvalue weighted by Crippen LogP contribution is -2.96. The highest BCUT2D eigenvalue weighted by Crippen LogP contribution is 2.50. The number of primary amides is 1. The van der Waals surface area contributed by atoms with Crippen molar-refractivity contribution < 1.29 is 68.1 Å². The number of hydrogen-bond acceptors (Lipinski definition) is 9. The van der Waals surface area contributed by atoms with Gasteiger partial charge in [-0.25, -0.2) is 14.6 Å². The number of amides is 4. The Labute approximate surface area is 342 Å². The van der Waals surface area contributed by atoms with Crippen molar-refractivity contribution in [2.75, 3.05) is 6.54 Å². The number of aromatic nitrogens is 1. The first-order valence-electron chi connectivity index (χ1n) is 20.0. The first-order chi connectivity index (χ1) is 27.8. The smallest absolute Gasteiger partial charge is 0.437 e. The second kappa shape index (κ2) is 14.9. The molecule has 2 saturated carbocycles. The minimum atomic E-state index is -4.98. The van der Waals surface area contributed by atoms with Crippen molar-refractivity contribution in [3.05, 3.63) is 47.2 Å². The zero-order chi connectivity index (χ0) is 43.8. The number of alkyl halides is 6. The minimum absolute atomic E-state index is 0.0118. The molecule has 1 aromatic heterocycles. The molecule has 0 bridgehead atoms. The van der Waals surface area contributed by atoms with Crippen LogP contribution in [0.2, 0.25) is 0 Å². The van der Waals surface area contributed by atoms with Crippen LogP contribution in [0.25, 0.3) is 10.9 Å². The molecule has 2 aliphatic carbocycles. The van der Waals surface area contributed by atoms with Crippen LogP contribution in [0.1, 0.15) is 102 Å². The number of rotatable bonds is 5. The number of nitrogens with zero attached hydrogens (tertiary/aromatic N) is 2. The van der Waals surface area contributed by atoms with Crippen molar-refractivity contribution in [2.24, 2.45) is 5.92 Å². The van der Waals surface area contributed by atoms with Gasteiger partial charge in [-0.1, -0.05) is 36.6 Å². The van der Waals surface area contributed by atoms with E-state index in [4.69, 9.17) is 9.47 Å². The van der Waals surface area contributed by atoms with Gasteiger partial charge in [0.2, 0.25) is 17.4 Å². The van der Waals surface area contributed by atoms with Gasteiger partial charge in [0.15, 0.2) is 17.0 Å². The fourth-order valence-electron chi connectivity index (χ4n) is 8.39. The van der Waals surface area contributed by atoms with E-state index in [-0.39, 0.29) is 43.2 Å². The summed E-state index contributed by atoms with van der Waals surface area (Å²) in [5, 5.41) is 5.39. The largest absolute Gasteiger partial charge is 0.483 e. The van der Waals surface area contributed by atoms with Crippen LogP contribution < -0.4 is 20.1 Å². The van der Waals surface area contributed by atoms with E-state index < -0.39 is 110 Å². The number of aryl methyl sites for hydroxylation is 2. The molecular weight excluding hydrogens is 825 g/mol. The first-order valence-corrected chi connectivity index (χ1v) is 21.5. The molecule has 1 spiro atoms. The quantitative estimate of drug-likeness (QED) is 0.275. The summed E-state index contributed by atoms with van der Waals surface area (Å²) in [4.78, 5) is 61.2. The third-order valence-corrected chi connectivity index (χ3v) is 15.0. The van der Waals surface area contributed by atoms with Gasteiger partial charge < -0.3 is 25.0 Å². The number of nitrogens with one attached hydrogen (secondary N) is 2. The Kier molecular flexibility index (Phi) is 10.8. The maximum absolute atomic E-state index is 14.7. The molecule has 0 radical (unpaired) electrons. The number of hydrogen-bond donors (Lipinski definition) is 3. The molecule has 3 aliphatic heterocycles. The van der Waals surface area contributed by atoms with E-state index in [1.807, 2.05) is 0 Å². The van der Waals surface area contributed by atoms with Crippen molar-refractivity contribution in [1.82, 2.24) is 20.5 Å². The number of alkyl carbamates (subject to hydrolysis) is 1. The number of halogens is 6. The third kappa shape index (κ3) is 8.16. The van der Waals surface area contributed by atoms with Crippen molar-refractivity contribution in [1.29, 1.82) is 0 Å². The molecule has 5 unspecified atom stereocenters. The average molecular weight is 873 g/mol.